The number of nitrogens with one attached hydrogen (secondary N) is 2. The molecule has 1 aromatic carbocycles. The van der Waals surface area contributed by atoms with Crippen LogP contribution in [0.1, 0.15) is 18.0 Å². The maximum atomic E-state index is 13.9. The lowest BCUT2D eigenvalue weighted by molar-refractivity contribution is -0.137. The molecular formula is C18H19F2N3O7. The van der Waals surface area contributed by atoms with Crippen LogP contribution in [0, 0.1) is 11.6 Å². The summed E-state index contributed by atoms with van der Waals surface area (Å²) in [4.78, 5) is 49.0. The SMILES string of the molecule is COCC1=C(C(=O)OC)[C@H](c2ccc(F)c(F)c2)N(C(=O)NCCC(=O)O)C(=O)N1. The Bertz CT molecular complexity index is 904. The molecule has 0 aliphatic carbocycles. The molecule has 12 heteroatoms. The van der Waals surface area contributed by atoms with E-state index in [0.29, 0.717) is 4.90 Å². The lowest BCUT2D eigenvalue weighted by atomic mass is 9.93. The number of hydrogen-bond acceptors (Lipinski definition) is 6. The van der Waals surface area contributed by atoms with Gasteiger partial charge in [-0.2, -0.15) is 0 Å². The van der Waals surface area contributed by atoms with Crippen LogP contribution in [0.15, 0.2) is 29.5 Å². The average molecular weight is 427 g/mol. The Morgan fingerprint density at radius 1 is 1.23 bits per heavy atom. The van der Waals surface area contributed by atoms with E-state index in [2.05, 4.69) is 10.6 Å². The smallest absolute Gasteiger partial charge is 0.338 e. The van der Waals surface area contributed by atoms with Gasteiger partial charge in [-0.15, -0.1) is 0 Å². The van der Waals surface area contributed by atoms with Crippen molar-refractivity contribution in [3.05, 3.63) is 46.7 Å². The molecule has 0 fully saturated rings. The summed E-state index contributed by atoms with van der Waals surface area (Å²) in [7, 11) is 2.36. The third-order valence-corrected chi connectivity index (χ3v) is 4.12. The largest absolute Gasteiger partial charge is 0.481 e. The van der Waals surface area contributed by atoms with E-state index in [9.17, 15) is 28.0 Å². The fourth-order valence-corrected chi connectivity index (χ4v) is 2.84. The molecule has 2 rings (SSSR count). The van der Waals surface area contributed by atoms with Crippen molar-refractivity contribution >= 4 is 24.0 Å². The van der Waals surface area contributed by atoms with E-state index in [1.807, 2.05) is 0 Å². The highest BCUT2D eigenvalue weighted by Gasteiger charge is 2.43. The molecule has 1 aliphatic heterocycles. The van der Waals surface area contributed by atoms with E-state index in [-0.39, 0.29) is 30.0 Å². The van der Waals surface area contributed by atoms with Gasteiger partial charge in [0.25, 0.3) is 0 Å². The lowest BCUT2D eigenvalue weighted by Crippen LogP contribution is -2.55. The zero-order chi connectivity index (χ0) is 22.4. The standard InChI is InChI=1S/C18H19F2N3O7/c1-29-8-12-14(16(26)30-2)15(9-3-4-10(19)11(20)7-9)23(18(28)22-12)17(27)21-6-5-13(24)25/h3-4,7,15H,5-6,8H2,1-2H3,(H,21,27)(H,22,28)(H,24,25)/t15-/m0/s1. The first-order valence-electron chi connectivity index (χ1n) is 8.56. The summed E-state index contributed by atoms with van der Waals surface area (Å²) in [6.45, 7) is -0.560. The fraction of sp³-hybridized carbons (Fsp3) is 0.333. The second kappa shape index (κ2) is 9.78. The Hall–Kier alpha value is -3.54. The normalized spacial score (nSPS) is 16.2. The number of esters is 1. The van der Waals surface area contributed by atoms with E-state index >= 15 is 0 Å². The number of aliphatic carboxylic acids is 1. The molecule has 1 aromatic rings. The number of carbonyl (C=O) groups excluding carboxylic acids is 3. The summed E-state index contributed by atoms with van der Waals surface area (Å²) < 4.78 is 37.0. The van der Waals surface area contributed by atoms with Crippen LogP contribution in [-0.2, 0) is 19.1 Å². The van der Waals surface area contributed by atoms with Gasteiger partial charge in [0, 0.05) is 13.7 Å². The predicted molar refractivity (Wildman–Crippen MR) is 96.0 cm³/mol. The van der Waals surface area contributed by atoms with Crippen molar-refractivity contribution in [3.63, 3.8) is 0 Å². The number of methoxy groups -OCH3 is 2. The van der Waals surface area contributed by atoms with Crippen molar-refractivity contribution < 1.29 is 42.5 Å². The van der Waals surface area contributed by atoms with Crippen molar-refractivity contribution in [2.75, 3.05) is 27.4 Å². The number of carboxylic acid groups (broad SMARTS) is 1. The number of nitrogens with zero attached hydrogens (tertiary/aromatic N) is 1. The first-order chi connectivity index (χ1) is 14.2. The number of urea groups is 2. The summed E-state index contributed by atoms with van der Waals surface area (Å²) in [6.07, 6.45) is -0.425. The van der Waals surface area contributed by atoms with Gasteiger partial charge in [0.1, 0.15) is 6.04 Å². The van der Waals surface area contributed by atoms with Crippen LogP contribution in [0.3, 0.4) is 0 Å². The Kier molecular flexibility index (Phi) is 7.42. The van der Waals surface area contributed by atoms with Gasteiger partial charge in [-0.05, 0) is 17.7 Å². The summed E-state index contributed by atoms with van der Waals surface area (Å²) >= 11 is 0. The number of carboxylic acids is 1. The average Bonchev–Trinajstić information content (AvgIpc) is 2.68. The number of halogens is 2. The molecule has 1 aliphatic rings. The number of carbonyl (C=O) groups is 4. The molecule has 1 heterocycles. The van der Waals surface area contributed by atoms with E-state index in [0.717, 1.165) is 25.3 Å². The van der Waals surface area contributed by atoms with E-state index in [4.69, 9.17) is 14.6 Å². The van der Waals surface area contributed by atoms with Gasteiger partial charge in [-0.25, -0.2) is 28.1 Å². The summed E-state index contributed by atoms with van der Waals surface area (Å²) in [6, 6.07) is -0.909. The molecule has 0 saturated heterocycles. The maximum absolute atomic E-state index is 13.9. The van der Waals surface area contributed by atoms with Gasteiger partial charge in [0.05, 0.1) is 31.4 Å². The van der Waals surface area contributed by atoms with Crippen molar-refractivity contribution in [1.82, 2.24) is 15.5 Å². The monoisotopic (exact) mass is 427 g/mol. The number of imide groups is 1. The van der Waals surface area contributed by atoms with Gasteiger partial charge in [0.2, 0.25) is 0 Å². The number of rotatable bonds is 7. The van der Waals surface area contributed by atoms with Crippen LogP contribution in [0.25, 0.3) is 0 Å². The first-order valence-corrected chi connectivity index (χ1v) is 8.56. The second-order valence-electron chi connectivity index (χ2n) is 6.07. The minimum atomic E-state index is -1.49. The van der Waals surface area contributed by atoms with Crippen LogP contribution in [0.2, 0.25) is 0 Å². The molecule has 0 bridgehead atoms. The summed E-state index contributed by atoms with van der Waals surface area (Å²) in [5, 5.41) is 13.3. The summed E-state index contributed by atoms with van der Waals surface area (Å²) in [5.74, 6) is -4.56. The van der Waals surface area contributed by atoms with Gasteiger partial charge in [-0.1, -0.05) is 6.07 Å². The second-order valence-corrected chi connectivity index (χ2v) is 6.07. The summed E-state index contributed by atoms with van der Waals surface area (Å²) in [5.41, 5.74) is -0.358. The molecule has 4 amide bonds. The zero-order valence-electron chi connectivity index (χ0n) is 16.0. The van der Waals surface area contributed by atoms with E-state index in [1.165, 1.54) is 7.11 Å². The van der Waals surface area contributed by atoms with Gasteiger partial charge < -0.3 is 25.2 Å². The molecular weight excluding hydrogens is 408 g/mol. The number of amides is 4. The molecule has 0 radical (unpaired) electrons. The van der Waals surface area contributed by atoms with Crippen LogP contribution < -0.4 is 10.6 Å². The van der Waals surface area contributed by atoms with Gasteiger partial charge in [-0.3, -0.25) is 4.79 Å². The Labute approximate surface area is 169 Å². The third-order valence-electron chi connectivity index (χ3n) is 4.12. The minimum absolute atomic E-state index is 0.0290. The van der Waals surface area contributed by atoms with Crippen LogP contribution >= 0.6 is 0 Å². The number of benzene rings is 1. The maximum Gasteiger partial charge on any atom is 0.338 e. The van der Waals surface area contributed by atoms with E-state index in [1.54, 1.807) is 0 Å². The molecule has 162 valence electrons. The number of hydrogen-bond donors (Lipinski definition) is 3. The van der Waals surface area contributed by atoms with Crippen LogP contribution in [0.4, 0.5) is 18.4 Å². The first kappa shape index (κ1) is 22.7. The molecule has 30 heavy (non-hydrogen) atoms. The number of ether oxygens (including phenoxy) is 2. The topological polar surface area (TPSA) is 134 Å². The van der Waals surface area contributed by atoms with Crippen LogP contribution in [-0.4, -0.2) is 61.4 Å². The molecule has 0 spiro atoms. The van der Waals surface area contributed by atoms with Crippen molar-refractivity contribution in [2.45, 2.75) is 12.5 Å². The van der Waals surface area contributed by atoms with Crippen molar-refractivity contribution in [1.29, 1.82) is 0 Å². The highest BCUT2D eigenvalue weighted by Crippen LogP contribution is 2.35. The minimum Gasteiger partial charge on any atom is -0.481 e. The highest BCUT2D eigenvalue weighted by atomic mass is 19.2. The lowest BCUT2D eigenvalue weighted by Gasteiger charge is -2.36. The molecule has 10 nitrogen and oxygen atoms in total. The molecule has 0 saturated carbocycles. The van der Waals surface area contributed by atoms with Crippen LogP contribution in [0.5, 0.6) is 0 Å². The molecule has 1 atom stereocenters. The zero-order valence-corrected chi connectivity index (χ0v) is 16.0. The predicted octanol–water partition coefficient (Wildman–Crippen LogP) is 1.29. The van der Waals surface area contributed by atoms with Crippen molar-refractivity contribution in [2.24, 2.45) is 0 Å². The van der Waals surface area contributed by atoms with Crippen molar-refractivity contribution in [3.8, 4) is 0 Å². The highest BCUT2D eigenvalue weighted by molar-refractivity contribution is 6.01. The van der Waals surface area contributed by atoms with E-state index < -0.39 is 48.1 Å². The van der Waals surface area contributed by atoms with Gasteiger partial charge in [0.15, 0.2) is 11.6 Å². The Morgan fingerprint density at radius 3 is 2.50 bits per heavy atom. The third kappa shape index (κ3) is 4.89. The van der Waals surface area contributed by atoms with Gasteiger partial charge >= 0.3 is 24.0 Å². The Morgan fingerprint density at radius 2 is 1.93 bits per heavy atom. The fourth-order valence-electron chi connectivity index (χ4n) is 2.84. The molecule has 3 N–H and O–H groups in total. The molecule has 0 unspecified atom stereocenters. The quantitative estimate of drug-likeness (QED) is 0.558. The Balaban J connectivity index is 2.59. The molecule has 0 aromatic heterocycles.